The summed E-state index contributed by atoms with van der Waals surface area (Å²) < 4.78 is 3.44. The molecular weight excluding hydrogens is 406 g/mol. The first kappa shape index (κ1) is 19.5. The van der Waals surface area contributed by atoms with Gasteiger partial charge >= 0.3 is 0 Å². The zero-order chi connectivity index (χ0) is 19.2. The van der Waals surface area contributed by atoms with Crippen LogP contribution in [0.25, 0.3) is 9.93 Å². The number of hydrogen-bond donors (Lipinski definition) is 0. The Morgan fingerprint density at radius 1 is 1.23 bits per heavy atom. The van der Waals surface area contributed by atoms with Crippen LogP contribution in [0.4, 0.5) is 0 Å². The quantitative estimate of drug-likeness (QED) is 0.546. The molecule has 1 aromatic rings. The minimum atomic E-state index is -0.160. The molecule has 0 spiro atoms. The molecule has 26 heavy (non-hydrogen) atoms. The third kappa shape index (κ3) is 3.00. The number of thiazole rings is 1. The second kappa shape index (κ2) is 7.38. The molecule has 0 radical (unpaired) electrons. The predicted octanol–water partition coefficient (Wildman–Crippen LogP) is 2.08. The molecule has 3 heterocycles. The summed E-state index contributed by atoms with van der Waals surface area (Å²) in [5.41, 5.74) is 1.08. The summed E-state index contributed by atoms with van der Waals surface area (Å²) in [6, 6.07) is 0. The van der Waals surface area contributed by atoms with Crippen molar-refractivity contribution in [2.45, 2.75) is 27.3 Å². The molecular formula is C17H19N3O2S4. The number of allylic oxidation sites excluding steroid dienone is 3. The molecule has 1 amide bonds. The monoisotopic (exact) mass is 425 g/mol. The fourth-order valence-electron chi connectivity index (χ4n) is 2.75. The number of hydrogen-bond acceptors (Lipinski definition) is 7. The first-order valence-electron chi connectivity index (χ1n) is 8.03. The SMILES string of the molecule is C=CCn1c(=O)/c(=C2/SC(C)=C(C)N2CC)s/c1=C1/SC(=S)N(C)C1=O. The van der Waals surface area contributed by atoms with E-state index in [9.17, 15) is 9.59 Å². The highest BCUT2D eigenvalue weighted by molar-refractivity contribution is 8.30. The standard InChI is InChI=1S/C17H19N3O2S4/c1-6-8-20-14(22)12(15-19(7-2)9(3)10(4)24-15)25-16(20)11-13(21)18(5)17(23)26-11/h6H,1,7-8H2,2-5H3/b15-12-,16-11+. The van der Waals surface area contributed by atoms with Crippen LogP contribution in [0.2, 0.25) is 0 Å². The van der Waals surface area contributed by atoms with Gasteiger partial charge in [0.05, 0.1) is 0 Å². The Hall–Kier alpha value is -1.29. The van der Waals surface area contributed by atoms with Gasteiger partial charge in [-0.05, 0) is 20.8 Å². The molecule has 138 valence electrons. The summed E-state index contributed by atoms with van der Waals surface area (Å²) in [7, 11) is 1.66. The van der Waals surface area contributed by atoms with Gasteiger partial charge in [-0.15, -0.1) is 17.9 Å². The van der Waals surface area contributed by atoms with Crippen molar-refractivity contribution in [2.24, 2.45) is 0 Å². The average Bonchev–Trinajstić information content (AvgIpc) is 3.17. The van der Waals surface area contributed by atoms with Gasteiger partial charge in [0.15, 0.2) is 0 Å². The van der Waals surface area contributed by atoms with Crippen molar-refractivity contribution in [1.82, 2.24) is 14.4 Å². The Morgan fingerprint density at radius 3 is 2.46 bits per heavy atom. The first-order chi connectivity index (χ1) is 12.3. The summed E-state index contributed by atoms with van der Waals surface area (Å²) >= 11 is 9.46. The van der Waals surface area contributed by atoms with Crippen LogP contribution in [0.1, 0.15) is 20.8 Å². The Balaban J connectivity index is 2.35. The first-order valence-corrected chi connectivity index (χ1v) is 10.9. The van der Waals surface area contributed by atoms with Crippen molar-refractivity contribution in [1.29, 1.82) is 0 Å². The second-order valence-corrected chi connectivity index (χ2v) is 9.64. The van der Waals surface area contributed by atoms with Crippen LogP contribution >= 0.6 is 47.1 Å². The lowest BCUT2D eigenvalue weighted by Gasteiger charge is -2.17. The van der Waals surface area contributed by atoms with Gasteiger partial charge in [-0.2, -0.15) is 0 Å². The van der Waals surface area contributed by atoms with Gasteiger partial charge in [-0.25, -0.2) is 0 Å². The van der Waals surface area contributed by atoms with Crippen LogP contribution in [0.5, 0.6) is 0 Å². The summed E-state index contributed by atoms with van der Waals surface area (Å²) in [5, 5.41) is 0.938. The molecule has 0 saturated carbocycles. The van der Waals surface area contributed by atoms with Crippen LogP contribution in [0.3, 0.4) is 0 Å². The van der Waals surface area contributed by atoms with E-state index < -0.39 is 0 Å². The average molecular weight is 426 g/mol. The van der Waals surface area contributed by atoms with Crippen molar-refractivity contribution in [3.63, 3.8) is 0 Å². The van der Waals surface area contributed by atoms with Crippen LogP contribution in [0, 0.1) is 0 Å². The molecule has 2 aliphatic heterocycles. The van der Waals surface area contributed by atoms with E-state index in [1.54, 1.807) is 29.5 Å². The molecule has 1 aromatic heterocycles. The Bertz CT molecular complexity index is 1030. The minimum Gasteiger partial charge on any atom is -0.338 e. The zero-order valence-electron chi connectivity index (χ0n) is 15.0. The number of nitrogens with zero attached hydrogens (tertiary/aromatic N) is 3. The Kier molecular flexibility index (Phi) is 5.53. The third-order valence-corrected chi connectivity index (χ3v) is 8.48. The minimum absolute atomic E-state index is 0.0882. The van der Waals surface area contributed by atoms with Crippen LogP contribution in [-0.4, -0.2) is 38.2 Å². The fourth-order valence-corrected chi connectivity index (χ4v) is 6.53. The molecule has 0 aromatic carbocycles. The highest BCUT2D eigenvalue weighted by atomic mass is 32.2. The highest BCUT2D eigenvalue weighted by Gasteiger charge is 2.32. The van der Waals surface area contributed by atoms with Crippen molar-refractivity contribution in [3.8, 4) is 0 Å². The molecule has 0 aliphatic carbocycles. The normalized spacial score (nSPS) is 22.2. The summed E-state index contributed by atoms with van der Waals surface area (Å²) in [6.07, 6.45) is 1.67. The van der Waals surface area contributed by atoms with Gasteiger partial charge in [-0.1, -0.05) is 41.8 Å². The molecule has 2 aliphatic rings. The van der Waals surface area contributed by atoms with Gasteiger partial charge in [0.1, 0.15) is 23.4 Å². The van der Waals surface area contributed by atoms with Gasteiger partial charge in [0.2, 0.25) is 0 Å². The van der Waals surface area contributed by atoms with Gasteiger partial charge in [0.25, 0.3) is 11.5 Å². The predicted molar refractivity (Wildman–Crippen MR) is 116 cm³/mol. The number of amides is 1. The van der Waals surface area contributed by atoms with Gasteiger partial charge in [0, 0.05) is 30.7 Å². The largest absolute Gasteiger partial charge is 0.338 e. The Labute approximate surface area is 169 Å². The molecule has 0 atom stereocenters. The number of aromatic nitrogens is 1. The van der Waals surface area contributed by atoms with E-state index >= 15 is 0 Å². The van der Waals surface area contributed by atoms with Crippen molar-refractivity contribution >= 4 is 67.2 Å². The van der Waals surface area contributed by atoms with Gasteiger partial charge < -0.3 is 4.90 Å². The van der Waals surface area contributed by atoms with Crippen molar-refractivity contribution in [3.05, 3.63) is 42.8 Å². The van der Waals surface area contributed by atoms with E-state index in [1.807, 2.05) is 0 Å². The van der Waals surface area contributed by atoms with Crippen LogP contribution < -0.4 is 14.8 Å². The van der Waals surface area contributed by atoms with Crippen LogP contribution in [0.15, 0.2) is 28.1 Å². The number of rotatable bonds is 3. The van der Waals surface area contributed by atoms with Crippen LogP contribution in [-0.2, 0) is 11.3 Å². The fraction of sp³-hybridized carbons (Fsp3) is 0.353. The summed E-state index contributed by atoms with van der Waals surface area (Å²) in [5.74, 6) is -0.160. The topological polar surface area (TPSA) is 45.6 Å². The third-order valence-electron chi connectivity index (χ3n) is 4.27. The highest BCUT2D eigenvalue weighted by Crippen LogP contribution is 2.40. The zero-order valence-corrected chi connectivity index (χ0v) is 18.3. The maximum atomic E-state index is 13.1. The Morgan fingerprint density at radius 2 is 1.92 bits per heavy atom. The molecule has 5 nitrogen and oxygen atoms in total. The molecule has 9 heteroatoms. The number of thiocarbonyl (C=S) groups is 1. The summed E-state index contributed by atoms with van der Waals surface area (Å²) in [4.78, 5) is 31.0. The van der Waals surface area contributed by atoms with Crippen molar-refractivity contribution in [2.75, 3.05) is 13.6 Å². The van der Waals surface area contributed by atoms with E-state index in [2.05, 4.69) is 32.3 Å². The molecule has 3 rings (SSSR count). The number of thioether (sulfide) groups is 2. The second-order valence-electron chi connectivity index (χ2n) is 5.80. The number of carbonyl (C=O) groups is 1. The molecule has 0 unspecified atom stereocenters. The maximum Gasteiger partial charge on any atom is 0.272 e. The molecule has 0 N–H and O–H groups in total. The maximum absolute atomic E-state index is 13.1. The molecule has 0 bridgehead atoms. The molecule has 1 saturated heterocycles. The smallest absolute Gasteiger partial charge is 0.272 e. The lowest BCUT2D eigenvalue weighted by molar-refractivity contribution is -0.119. The summed E-state index contributed by atoms with van der Waals surface area (Å²) in [6.45, 7) is 11.1. The van der Waals surface area contributed by atoms with Crippen molar-refractivity contribution < 1.29 is 4.79 Å². The number of carbonyl (C=O) groups excluding carboxylic acids is 1. The van der Waals surface area contributed by atoms with E-state index in [-0.39, 0.29) is 11.5 Å². The van der Waals surface area contributed by atoms with Gasteiger partial charge in [-0.3, -0.25) is 19.1 Å². The molecule has 1 fully saturated rings. The van der Waals surface area contributed by atoms with E-state index in [1.165, 1.54) is 32.9 Å². The lowest BCUT2D eigenvalue weighted by atomic mass is 10.4. The van der Waals surface area contributed by atoms with E-state index in [0.717, 1.165) is 17.3 Å². The lowest BCUT2D eigenvalue weighted by Crippen LogP contribution is -2.34. The van der Waals surface area contributed by atoms with E-state index in [0.29, 0.717) is 25.0 Å². The van der Waals surface area contributed by atoms with E-state index in [4.69, 9.17) is 12.2 Å².